The summed E-state index contributed by atoms with van der Waals surface area (Å²) in [6, 6.07) is 6.43. The Kier molecular flexibility index (Phi) is 5.63. The predicted molar refractivity (Wildman–Crippen MR) is 141 cm³/mol. The summed E-state index contributed by atoms with van der Waals surface area (Å²) in [7, 11) is 0. The van der Waals surface area contributed by atoms with Crippen molar-refractivity contribution in [1.29, 1.82) is 0 Å². The van der Waals surface area contributed by atoms with Crippen molar-refractivity contribution in [1.82, 2.24) is 9.78 Å². The Hall–Kier alpha value is -2.54. The van der Waals surface area contributed by atoms with Crippen molar-refractivity contribution in [3.63, 3.8) is 0 Å². The van der Waals surface area contributed by atoms with E-state index in [1.54, 1.807) is 10.9 Å². The minimum atomic E-state index is -0.735. The van der Waals surface area contributed by atoms with E-state index in [4.69, 9.17) is 16.7 Å². The van der Waals surface area contributed by atoms with Crippen LogP contribution in [0.4, 0.5) is 11.4 Å². The summed E-state index contributed by atoms with van der Waals surface area (Å²) in [5.41, 5.74) is 3.74. The van der Waals surface area contributed by atoms with Gasteiger partial charge < -0.3 is 14.9 Å². The zero-order valence-corrected chi connectivity index (χ0v) is 21.9. The summed E-state index contributed by atoms with van der Waals surface area (Å²) in [5, 5.41) is 14.6. The molecule has 7 nitrogen and oxygen atoms in total. The molecule has 1 saturated heterocycles. The molecule has 2 aromatic rings. The Bertz CT molecular complexity index is 1250. The van der Waals surface area contributed by atoms with Gasteiger partial charge in [-0.3, -0.25) is 9.59 Å². The summed E-state index contributed by atoms with van der Waals surface area (Å²) < 4.78 is 1.65. The second kappa shape index (κ2) is 8.51. The summed E-state index contributed by atoms with van der Waals surface area (Å²) in [6.45, 7) is 7.57. The fraction of sp³-hybridized carbons (Fsp3) is 0.607. The number of benzene rings is 1. The third-order valence-corrected chi connectivity index (χ3v) is 9.92. The van der Waals surface area contributed by atoms with Crippen LogP contribution in [-0.4, -0.2) is 47.0 Å². The lowest BCUT2D eigenvalue weighted by atomic mass is 9.46. The molecule has 0 radical (unpaired) electrons. The van der Waals surface area contributed by atoms with Crippen molar-refractivity contribution in [3.8, 4) is 0 Å². The number of hydrogen-bond acceptors (Lipinski definition) is 5. The van der Waals surface area contributed by atoms with E-state index in [1.165, 1.54) is 16.8 Å². The first kappa shape index (κ1) is 23.8. The van der Waals surface area contributed by atoms with Crippen molar-refractivity contribution in [3.05, 3.63) is 50.9 Å². The number of carboxylic acids is 1. The molecule has 1 aromatic carbocycles. The molecule has 4 aliphatic carbocycles. The zero-order valence-electron chi connectivity index (χ0n) is 21.2. The number of aryl methyl sites for hydroxylation is 1. The highest BCUT2D eigenvalue weighted by Crippen LogP contribution is 2.65. The summed E-state index contributed by atoms with van der Waals surface area (Å²) in [6.07, 6.45) is 7.56. The molecule has 36 heavy (non-hydrogen) atoms. The Morgan fingerprint density at radius 1 is 1.06 bits per heavy atom. The maximum absolute atomic E-state index is 13.7. The Labute approximate surface area is 217 Å². The molecule has 1 N–H and O–H groups in total. The maximum Gasteiger partial charge on any atom is 0.303 e. The number of nitrogens with zero attached hydrogens (tertiary/aromatic N) is 4. The highest BCUT2D eigenvalue weighted by atomic mass is 35.5. The van der Waals surface area contributed by atoms with Gasteiger partial charge in [0.1, 0.15) is 5.02 Å². The molecule has 2 unspecified atom stereocenters. The lowest BCUT2D eigenvalue weighted by Gasteiger charge is -2.61. The van der Waals surface area contributed by atoms with E-state index in [0.29, 0.717) is 17.5 Å². The minimum Gasteiger partial charge on any atom is -0.481 e. The molecule has 192 valence electrons. The number of piperazine rings is 1. The molecule has 5 aliphatic rings. The van der Waals surface area contributed by atoms with Gasteiger partial charge in [-0.15, -0.1) is 0 Å². The number of hydrogen-bond donors (Lipinski definition) is 1. The third-order valence-electron chi connectivity index (χ3n) is 9.56. The minimum absolute atomic E-state index is 0.188. The van der Waals surface area contributed by atoms with E-state index < -0.39 is 11.5 Å². The molecule has 7 rings (SSSR count). The predicted octanol–water partition coefficient (Wildman–Crippen LogP) is 4.61. The molecule has 4 saturated carbocycles. The lowest BCUT2D eigenvalue weighted by Crippen LogP contribution is -2.59. The van der Waals surface area contributed by atoms with E-state index in [0.717, 1.165) is 64.7 Å². The molecule has 8 heteroatoms. The van der Waals surface area contributed by atoms with Crippen molar-refractivity contribution in [2.24, 2.45) is 17.3 Å². The SMILES string of the molecule is Cc1cccc(N2CCN(c3cnn(C45C[C@@H]6C[C@@H](CC(CC(=O)O)(C6)C4)C5)c(=O)c3Cl)CC2)c1C. The monoisotopic (exact) mass is 510 g/mol. The summed E-state index contributed by atoms with van der Waals surface area (Å²) >= 11 is 6.77. The van der Waals surface area contributed by atoms with E-state index >= 15 is 0 Å². The number of carboxylic acid groups (broad SMARTS) is 1. The zero-order chi connectivity index (χ0) is 25.2. The summed E-state index contributed by atoms with van der Waals surface area (Å²) in [5.74, 6) is 0.201. The standard InChI is InChI=1S/C28H35ClN4O3/c1-18-4-3-5-22(19(18)2)31-6-8-32(9-7-31)23-16-30-33(26(36)25(23)29)28-13-20-10-21(14-28)12-27(11-20,17-28)15-24(34)35/h3-5,16,20-21H,6-15,17H2,1-2H3,(H,34,35)/t20-,21+,27?,28?. The fourth-order valence-electron chi connectivity index (χ4n) is 8.43. The molecule has 0 spiro atoms. The average molecular weight is 511 g/mol. The summed E-state index contributed by atoms with van der Waals surface area (Å²) in [4.78, 5) is 29.9. The lowest BCUT2D eigenvalue weighted by molar-refractivity contribution is -0.151. The van der Waals surface area contributed by atoms with Gasteiger partial charge in [0.15, 0.2) is 0 Å². The number of halogens is 1. The second-order valence-corrected chi connectivity index (χ2v) is 12.4. The van der Waals surface area contributed by atoms with Crippen molar-refractivity contribution in [2.45, 2.75) is 64.3 Å². The van der Waals surface area contributed by atoms with Gasteiger partial charge in [0, 0.05) is 31.9 Å². The first-order valence-electron chi connectivity index (χ1n) is 13.2. The van der Waals surface area contributed by atoms with Crippen LogP contribution >= 0.6 is 11.6 Å². The largest absolute Gasteiger partial charge is 0.481 e. The molecule has 5 fully saturated rings. The van der Waals surface area contributed by atoms with Gasteiger partial charge in [-0.05, 0) is 86.8 Å². The average Bonchev–Trinajstić information content (AvgIpc) is 2.81. The molecule has 1 aliphatic heterocycles. The molecular formula is C28H35ClN4O3. The quantitative estimate of drug-likeness (QED) is 0.632. The van der Waals surface area contributed by atoms with Crippen LogP contribution in [0.2, 0.25) is 5.02 Å². The maximum atomic E-state index is 13.7. The van der Waals surface area contributed by atoms with Crippen LogP contribution in [0, 0.1) is 31.1 Å². The third kappa shape index (κ3) is 3.82. The topological polar surface area (TPSA) is 78.7 Å². The fourth-order valence-corrected chi connectivity index (χ4v) is 8.67. The van der Waals surface area contributed by atoms with Crippen molar-refractivity contribution >= 4 is 28.9 Å². The normalized spacial score (nSPS) is 31.2. The first-order valence-corrected chi connectivity index (χ1v) is 13.6. The first-order chi connectivity index (χ1) is 17.2. The molecular weight excluding hydrogens is 476 g/mol. The van der Waals surface area contributed by atoms with E-state index in [1.807, 2.05) is 0 Å². The van der Waals surface area contributed by atoms with Crippen LogP contribution in [0.3, 0.4) is 0 Å². The van der Waals surface area contributed by atoms with Gasteiger partial charge in [0.2, 0.25) is 0 Å². The van der Waals surface area contributed by atoms with Gasteiger partial charge in [-0.25, -0.2) is 4.68 Å². The molecule has 0 amide bonds. The molecule has 1 aromatic heterocycles. The smallest absolute Gasteiger partial charge is 0.303 e. The number of anilines is 2. The molecule has 2 heterocycles. The Balaban J connectivity index is 1.25. The van der Waals surface area contributed by atoms with Gasteiger partial charge in [0.05, 0.1) is 23.8 Å². The van der Waals surface area contributed by atoms with E-state index in [2.05, 4.69) is 41.8 Å². The van der Waals surface area contributed by atoms with Crippen LogP contribution in [0.25, 0.3) is 0 Å². The van der Waals surface area contributed by atoms with Gasteiger partial charge in [0.25, 0.3) is 5.56 Å². The van der Waals surface area contributed by atoms with Crippen LogP contribution in [0.1, 0.15) is 56.1 Å². The van der Waals surface area contributed by atoms with Gasteiger partial charge in [-0.1, -0.05) is 23.7 Å². The highest BCUT2D eigenvalue weighted by molar-refractivity contribution is 6.33. The highest BCUT2D eigenvalue weighted by Gasteiger charge is 2.59. The van der Waals surface area contributed by atoms with Crippen molar-refractivity contribution < 1.29 is 9.90 Å². The number of rotatable bonds is 5. The number of aliphatic carboxylic acids is 1. The molecule has 4 bridgehead atoms. The second-order valence-electron chi connectivity index (χ2n) is 12.0. The van der Waals surface area contributed by atoms with Crippen LogP contribution < -0.4 is 15.4 Å². The van der Waals surface area contributed by atoms with Crippen molar-refractivity contribution in [2.75, 3.05) is 36.0 Å². The Morgan fingerprint density at radius 3 is 2.33 bits per heavy atom. The number of aromatic nitrogens is 2. The van der Waals surface area contributed by atoms with E-state index in [-0.39, 0.29) is 22.4 Å². The van der Waals surface area contributed by atoms with Crippen LogP contribution in [0.5, 0.6) is 0 Å². The van der Waals surface area contributed by atoms with Gasteiger partial charge >= 0.3 is 5.97 Å². The van der Waals surface area contributed by atoms with E-state index in [9.17, 15) is 14.7 Å². The van der Waals surface area contributed by atoms with Crippen LogP contribution in [0.15, 0.2) is 29.2 Å². The number of carbonyl (C=O) groups is 1. The van der Waals surface area contributed by atoms with Crippen LogP contribution in [-0.2, 0) is 10.3 Å². The van der Waals surface area contributed by atoms with Gasteiger partial charge in [-0.2, -0.15) is 5.10 Å². The molecule has 4 atom stereocenters. The Morgan fingerprint density at radius 2 is 1.69 bits per heavy atom.